The minimum Gasteiger partial charge on any atom is -0.380 e. The third-order valence-corrected chi connectivity index (χ3v) is 3.22. The predicted octanol–water partition coefficient (Wildman–Crippen LogP) is 3.49. The van der Waals surface area contributed by atoms with E-state index in [4.69, 9.17) is 4.74 Å². The first-order valence-corrected chi connectivity index (χ1v) is 5.24. The van der Waals surface area contributed by atoms with Gasteiger partial charge in [0.15, 0.2) is 0 Å². The zero-order chi connectivity index (χ0) is 10.3. The van der Waals surface area contributed by atoms with Crippen molar-refractivity contribution in [3.05, 3.63) is 0 Å². The summed E-state index contributed by atoms with van der Waals surface area (Å²) in [5.74, 6) is 0. The molecule has 0 spiro atoms. The summed E-state index contributed by atoms with van der Waals surface area (Å²) in [5, 5.41) is 0. The Balaban J connectivity index is 2.72. The molecule has 1 fully saturated rings. The van der Waals surface area contributed by atoms with Crippen molar-refractivity contribution in [3.63, 3.8) is 0 Å². The van der Waals surface area contributed by atoms with Gasteiger partial charge in [-0.05, 0) is 17.3 Å². The zero-order valence-corrected chi connectivity index (χ0v) is 10.0. The summed E-state index contributed by atoms with van der Waals surface area (Å²) in [5.41, 5.74) is 1.21. The third-order valence-electron chi connectivity index (χ3n) is 3.22. The van der Waals surface area contributed by atoms with Crippen molar-refractivity contribution < 1.29 is 4.74 Å². The van der Waals surface area contributed by atoms with Gasteiger partial charge >= 0.3 is 0 Å². The predicted molar refractivity (Wildman–Crippen MR) is 56.8 cm³/mol. The quantitative estimate of drug-likeness (QED) is 0.606. The molecule has 0 atom stereocenters. The van der Waals surface area contributed by atoms with E-state index in [-0.39, 0.29) is 0 Å². The molecule has 0 aliphatic carbocycles. The maximum atomic E-state index is 5.41. The molecule has 0 aromatic rings. The van der Waals surface area contributed by atoms with Crippen molar-refractivity contribution in [1.82, 2.24) is 0 Å². The molecule has 0 aromatic carbocycles. The van der Waals surface area contributed by atoms with Crippen LogP contribution in [-0.2, 0) is 4.74 Å². The lowest BCUT2D eigenvalue weighted by atomic mass is 9.59. The molecule has 78 valence electrons. The van der Waals surface area contributed by atoms with Crippen LogP contribution in [0.5, 0.6) is 0 Å². The van der Waals surface area contributed by atoms with Crippen LogP contribution in [0.4, 0.5) is 0 Å². The van der Waals surface area contributed by atoms with E-state index in [0.29, 0.717) is 16.2 Å². The highest BCUT2D eigenvalue weighted by atomic mass is 16.5. The van der Waals surface area contributed by atoms with Crippen molar-refractivity contribution in [2.24, 2.45) is 16.2 Å². The van der Waals surface area contributed by atoms with E-state index >= 15 is 0 Å². The Bertz CT molecular complexity index is 176. The minimum atomic E-state index is 0.374. The van der Waals surface area contributed by atoms with E-state index in [1.807, 2.05) is 0 Å². The number of hydrogen-bond donors (Lipinski definition) is 0. The molecule has 13 heavy (non-hydrogen) atoms. The molecule has 1 heteroatoms. The topological polar surface area (TPSA) is 9.23 Å². The molecule has 0 bridgehead atoms. The molecule has 0 N–H and O–H groups in total. The van der Waals surface area contributed by atoms with Crippen LogP contribution in [0.25, 0.3) is 0 Å². The van der Waals surface area contributed by atoms with Gasteiger partial charge in [-0.2, -0.15) is 0 Å². The standard InChI is InChI=1S/C12H24O/c1-10(2,3)7-12(8-13-9-12)11(4,5)6/h7-9H2,1-6H3. The highest BCUT2D eigenvalue weighted by Gasteiger charge is 2.49. The van der Waals surface area contributed by atoms with Crippen LogP contribution in [0.15, 0.2) is 0 Å². The molecule has 1 saturated heterocycles. The van der Waals surface area contributed by atoms with Crippen LogP contribution in [0.2, 0.25) is 0 Å². The van der Waals surface area contributed by atoms with Crippen LogP contribution in [0, 0.1) is 16.2 Å². The molecule has 0 amide bonds. The Morgan fingerprint density at radius 3 is 1.54 bits per heavy atom. The van der Waals surface area contributed by atoms with Gasteiger partial charge in [-0.15, -0.1) is 0 Å². The molecular weight excluding hydrogens is 160 g/mol. The van der Waals surface area contributed by atoms with E-state index in [1.54, 1.807) is 0 Å². The molecule has 0 radical (unpaired) electrons. The minimum absolute atomic E-state index is 0.374. The fraction of sp³-hybridized carbons (Fsp3) is 1.00. The highest BCUT2D eigenvalue weighted by molar-refractivity contribution is 4.97. The summed E-state index contributed by atoms with van der Waals surface area (Å²) >= 11 is 0. The van der Waals surface area contributed by atoms with Crippen molar-refractivity contribution >= 4 is 0 Å². The Morgan fingerprint density at radius 2 is 1.46 bits per heavy atom. The second-order valence-electron chi connectivity index (χ2n) is 6.76. The van der Waals surface area contributed by atoms with Gasteiger partial charge in [-0.25, -0.2) is 0 Å². The molecule has 0 saturated carbocycles. The van der Waals surface area contributed by atoms with E-state index < -0.39 is 0 Å². The monoisotopic (exact) mass is 184 g/mol. The first-order chi connectivity index (χ1) is 5.66. The van der Waals surface area contributed by atoms with Gasteiger partial charge in [0.1, 0.15) is 0 Å². The first kappa shape index (κ1) is 11.0. The second-order valence-corrected chi connectivity index (χ2v) is 6.76. The third kappa shape index (κ3) is 2.25. The maximum Gasteiger partial charge on any atom is 0.0550 e. The fourth-order valence-corrected chi connectivity index (χ4v) is 2.16. The SMILES string of the molecule is CC(C)(C)CC1(C(C)(C)C)COC1. The van der Waals surface area contributed by atoms with Gasteiger partial charge in [-0.3, -0.25) is 0 Å². The number of hydrogen-bond acceptors (Lipinski definition) is 1. The van der Waals surface area contributed by atoms with Crippen molar-refractivity contribution in [1.29, 1.82) is 0 Å². The Morgan fingerprint density at radius 1 is 1.00 bits per heavy atom. The molecule has 1 aliphatic rings. The number of ether oxygens (including phenoxy) is 1. The number of rotatable bonds is 1. The summed E-state index contributed by atoms with van der Waals surface area (Å²) in [6, 6.07) is 0. The van der Waals surface area contributed by atoms with Crippen molar-refractivity contribution in [3.8, 4) is 0 Å². The van der Waals surface area contributed by atoms with Gasteiger partial charge in [0.2, 0.25) is 0 Å². The second kappa shape index (κ2) is 2.98. The molecule has 0 aromatic heterocycles. The van der Waals surface area contributed by atoms with Crippen LogP contribution < -0.4 is 0 Å². The average Bonchev–Trinajstić information content (AvgIpc) is 1.73. The lowest BCUT2D eigenvalue weighted by molar-refractivity contribution is -0.186. The Hall–Kier alpha value is -0.0400. The van der Waals surface area contributed by atoms with E-state index in [1.165, 1.54) is 6.42 Å². The lowest BCUT2D eigenvalue weighted by Crippen LogP contribution is -2.53. The Kier molecular flexibility index (Phi) is 2.53. The van der Waals surface area contributed by atoms with Crippen LogP contribution in [0.1, 0.15) is 48.0 Å². The van der Waals surface area contributed by atoms with Gasteiger partial charge in [0.05, 0.1) is 13.2 Å². The smallest absolute Gasteiger partial charge is 0.0550 e. The summed E-state index contributed by atoms with van der Waals surface area (Å²) in [7, 11) is 0. The van der Waals surface area contributed by atoms with Crippen molar-refractivity contribution in [2.45, 2.75) is 48.0 Å². The molecular formula is C12H24O. The van der Waals surface area contributed by atoms with Crippen LogP contribution in [0.3, 0.4) is 0 Å². The summed E-state index contributed by atoms with van der Waals surface area (Å²) in [6.45, 7) is 15.9. The summed E-state index contributed by atoms with van der Waals surface area (Å²) in [4.78, 5) is 0. The van der Waals surface area contributed by atoms with Gasteiger partial charge < -0.3 is 4.74 Å². The molecule has 0 unspecified atom stereocenters. The lowest BCUT2D eigenvalue weighted by Gasteiger charge is -2.53. The van der Waals surface area contributed by atoms with Gasteiger partial charge in [-0.1, -0.05) is 41.5 Å². The zero-order valence-electron chi connectivity index (χ0n) is 10.0. The average molecular weight is 184 g/mol. The normalized spacial score (nSPS) is 22.6. The molecule has 1 nitrogen and oxygen atoms in total. The highest BCUT2D eigenvalue weighted by Crippen LogP contribution is 2.51. The van der Waals surface area contributed by atoms with E-state index in [0.717, 1.165) is 13.2 Å². The molecule has 1 aliphatic heterocycles. The summed E-state index contributed by atoms with van der Waals surface area (Å²) < 4.78 is 5.41. The first-order valence-electron chi connectivity index (χ1n) is 5.24. The van der Waals surface area contributed by atoms with Crippen LogP contribution >= 0.6 is 0 Å². The van der Waals surface area contributed by atoms with Crippen molar-refractivity contribution in [2.75, 3.05) is 13.2 Å². The summed E-state index contributed by atoms with van der Waals surface area (Å²) in [6.07, 6.45) is 1.27. The van der Waals surface area contributed by atoms with Crippen LogP contribution in [-0.4, -0.2) is 13.2 Å². The fourth-order valence-electron chi connectivity index (χ4n) is 2.16. The molecule has 1 heterocycles. The maximum absolute atomic E-state index is 5.41. The van der Waals surface area contributed by atoms with E-state index in [9.17, 15) is 0 Å². The van der Waals surface area contributed by atoms with Gasteiger partial charge in [0, 0.05) is 5.41 Å². The molecule has 1 rings (SSSR count). The largest absolute Gasteiger partial charge is 0.380 e. The Labute approximate surface area is 82.9 Å². The van der Waals surface area contributed by atoms with E-state index in [2.05, 4.69) is 41.5 Å². The van der Waals surface area contributed by atoms with Gasteiger partial charge in [0.25, 0.3) is 0 Å².